The van der Waals surface area contributed by atoms with Crippen molar-refractivity contribution < 1.29 is 14.3 Å². The molecule has 118 valence electrons. The summed E-state index contributed by atoms with van der Waals surface area (Å²) >= 11 is 1.47. The molecule has 3 rings (SSSR count). The van der Waals surface area contributed by atoms with Gasteiger partial charge in [0.2, 0.25) is 0 Å². The Morgan fingerprint density at radius 1 is 1.45 bits per heavy atom. The highest BCUT2D eigenvalue weighted by atomic mass is 32.1. The van der Waals surface area contributed by atoms with Gasteiger partial charge < -0.3 is 20.2 Å². The zero-order valence-corrected chi connectivity index (χ0v) is 13.2. The first-order valence-electron chi connectivity index (χ1n) is 7.45. The quantitative estimate of drug-likeness (QED) is 0.766. The van der Waals surface area contributed by atoms with Crippen LogP contribution >= 0.6 is 11.3 Å². The number of thiophene rings is 1. The van der Waals surface area contributed by atoms with Gasteiger partial charge in [-0.25, -0.2) is 4.79 Å². The topological polar surface area (TPSA) is 74.5 Å². The van der Waals surface area contributed by atoms with Crippen LogP contribution in [0.5, 0.6) is 0 Å². The van der Waals surface area contributed by atoms with Crippen molar-refractivity contribution in [2.24, 2.45) is 5.92 Å². The molecule has 5 nitrogen and oxygen atoms in total. The fourth-order valence-corrected chi connectivity index (χ4v) is 3.12. The Kier molecular flexibility index (Phi) is 4.49. The van der Waals surface area contributed by atoms with Crippen molar-refractivity contribution in [3.8, 4) is 0 Å². The second kappa shape index (κ2) is 6.54. The summed E-state index contributed by atoms with van der Waals surface area (Å²) in [5.41, 5.74) is 0. The number of hydrogen-bond donors (Lipinski definition) is 3. The lowest BCUT2D eigenvalue weighted by atomic mass is 10.3. The van der Waals surface area contributed by atoms with Crippen molar-refractivity contribution in [1.82, 2.24) is 10.6 Å². The Bertz CT molecular complexity index is 623. The third-order valence-corrected chi connectivity index (χ3v) is 4.88. The minimum atomic E-state index is -0.669. The number of urea groups is 1. The van der Waals surface area contributed by atoms with E-state index in [9.17, 15) is 9.90 Å². The molecule has 2 amide bonds. The van der Waals surface area contributed by atoms with Crippen LogP contribution in [0, 0.1) is 5.92 Å². The van der Waals surface area contributed by atoms with E-state index in [4.69, 9.17) is 4.42 Å². The van der Waals surface area contributed by atoms with Gasteiger partial charge in [-0.1, -0.05) is 13.0 Å². The average molecular weight is 320 g/mol. The molecule has 0 saturated heterocycles. The summed E-state index contributed by atoms with van der Waals surface area (Å²) in [5.74, 6) is 3.01. The molecule has 1 aliphatic rings. The van der Waals surface area contributed by atoms with Gasteiger partial charge in [-0.15, -0.1) is 11.3 Å². The van der Waals surface area contributed by atoms with Gasteiger partial charge in [0.1, 0.15) is 17.6 Å². The highest BCUT2D eigenvalue weighted by Gasteiger charge is 2.36. The van der Waals surface area contributed by atoms with Crippen molar-refractivity contribution in [3.63, 3.8) is 0 Å². The van der Waals surface area contributed by atoms with Gasteiger partial charge in [-0.2, -0.15) is 0 Å². The van der Waals surface area contributed by atoms with Gasteiger partial charge in [0.15, 0.2) is 0 Å². The van der Waals surface area contributed by atoms with Gasteiger partial charge in [0.05, 0.1) is 13.1 Å². The maximum absolute atomic E-state index is 11.7. The number of furan rings is 1. The summed E-state index contributed by atoms with van der Waals surface area (Å²) in [6.45, 7) is 2.74. The maximum atomic E-state index is 11.7. The predicted octanol–water partition coefficient (Wildman–Crippen LogP) is 3.00. The molecule has 3 N–H and O–H groups in total. The van der Waals surface area contributed by atoms with Gasteiger partial charge in [-0.3, -0.25) is 0 Å². The molecule has 2 heterocycles. The molecule has 1 fully saturated rings. The molecule has 0 spiro atoms. The molecule has 0 bridgehead atoms. The molecule has 1 saturated carbocycles. The van der Waals surface area contributed by atoms with Gasteiger partial charge >= 0.3 is 6.03 Å². The summed E-state index contributed by atoms with van der Waals surface area (Å²) in [6.07, 6.45) is 0.513. The summed E-state index contributed by atoms with van der Waals surface area (Å²) in [5, 5.41) is 17.2. The molecule has 0 aromatic carbocycles. The zero-order valence-electron chi connectivity index (χ0n) is 12.4. The third-order valence-electron chi connectivity index (χ3n) is 3.91. The van der Waals surface area contributed by atoms with E-state index in [1.165, 1.54) is 17.8 Å². The lowest BCUT2D eigenvalue weighted by Gasteiger charge is -2.10. The van der Waals surface area contributed by atoms with Crippen LogP contribution in [0.3, 0.4) is 0 Å². The Balaban J connectivity index is 1.39. The summed E-state index contributed by atoms with van der Waals surface area (Å²) in [4.78, 5) is 12.6. The lowest BCUT2D eigenvalue weighted by molar-refractivity contribution is 0.176. The largest absolute Gasteiger partial charge is 0.464 e. The minimum absolute atomic E-state index is 0.190. The number of amides is 2. The summed E-state index contributed by atoms with van der Waals surface area (Å²) < 4.78 is 5.72. The molecule has 2 aromatic heterocycles. The zero-order chi connectivity index (χ0) is 15.5. The smallest absolute Gasteiger partial charge is 0.315 e. The molecule has 22 heavy (non-hydrogen) atoms. The van der Waals surface area contributed by atoms with E-state index in [-0.39, 0.29) is 12.6 Å². The second-order valence-electron chi connectivity index (χ2n) is 5.72. The lowest BCUT2D eigenvalue weighted by Crippen LogP contribution is -2.37. The van der Waals surface area contributed by atoms with Crippen molar-refractivity contribution in [2.75, 3.05) is 6.54 Å². The van der Waals surface area contributed by atoms with Gasteiger partial charge in [0, 0.05) is 10.8 Å². The fourth-order valence-electron chi connectivity index (χ4n) is 2.41. The fraction of sp³-hybridized carbons (Fsp3) is 0.438. The molecular formula is C16H20N2O3S. The van der Waals surface area contributed by atoms with Gasteiger partial charge in [-0.05, 0) is 35.9 Å². The van der Waals surface area contributed by atoms with Crippen molar-refractivity contribution >= 4 is 17.4 Å². The van der Waals surface area contributed by atoms with Gasteiger partial charge in [0.25, 0.3) is 0 Å². The van der Waals surface area contributed by atoms with E-state index in [1.54, 1.807) is 0 Å². The van der Waals surface area contributed by atoms with Crippen LogP contribution in [-0.2, 0) is 6.54 Å². The van der Waals surface area contributed by atoms with Crippen LogP contribution in [0.4, 0.5) is 4.79 Å². The van der Waals surface area contributed by atoms with Crippen LogP contribution in [0.2, 0.25) is 0 Å². The molecule has 0 unspecified atom stereocenters. The molecule has 0 aliphatic heterocycles. The number of carbonyl (C=O) groups excluding carboxylic acids is 1. The van der Waals surface area contributed by atoms with E-state index >= 15 is 0 Å². The monoisotopic (exact) mass is 320 g/mol. The Labute approximate surface area is 133 Å². The minimum Gasteiger partial charge on any atom is -0.464 e. The predicted molar refractivity (Wildman–Crippen MR) is 84.7 cm³/mol. The number of hydrogen-bond acceptors (Lipinski definition) is 4. The second-order valence-corrected chi connectivity index (χ2v) is 6.70. The third kappa shape index (κ3) is 3.69. The Morgan fingerprint density at radius 3 is 2.95 bits per heavy atom. The van der Waals surface area contributed by atoms with Crippen LogP contribution in [0.15, 0.2) is 34.1 Å². The average Bonchev–Trinajstić information content (AvgIpc) is 2.98. The summed E-state index contributed by atoms with van der Waals surface area (Å²) in [7, 11) is 0. The SMILES string of the molecule is C[C@@H]1C[C@@H]1c1ccc(CNC(=O)NC[C@H](O)c2cccs2)o1. The highest BCUT2D eigenvalue weighted by molar-refractivity contribution is 7.10. The molecule has 0 radical (unpaired) electrons. The molecule has 6 heteroatoms. The van der Waals surface area contributed by atoms with Crippen LogP contribution in [0.25, 0.3) is 0 Å². The highest BCUT2D eigenvalue weighted by Crippen LogP contribution is 2.47. The van der Waals surface area contributed by atoms with E-state index < -0.39 is 6.10 Å². The molecule has 2 aromatic rings. The standard InChI is InChI=1S/C16H20N2O3S/c1-10-7-12(10)14-5-4-11(21-14)8-17-16(20)18-9-13(19)15-3-2-6-22-15/h2-6,10,12-13,19H,7-9H2,1H3,(H2,17,18,20)/t10-,12+,13+/m1/s1. The number of rotatable bonds is 6. The number of aliphatic hydroxyl groups excluding tert-OH is 1. The normalized spacial score (nSPS) is 21.4. The molecular weight excluding hydrogens is 300 g/mol. The van der Waals surface area contributed by atoms with Crippen molar-refractivity contribution in [1.29, 1.82) is 0 Å². The number of aliphatic hydroxyl groups is 1. The summed E-state index contributed by atoms with van der Waals surface area (Å²) in [6, 6.07) is 7.30. The van der Waals surface area contributed by atoms with Crippen LogP contribution in [-0.4, -0.2) is 17.7 Å². The van der Waals surface area contributed by atoms with Crippen molar-refractivity contribution in [2.45, 2.75) is 31.9 Å². The Hall–Kier alpha value is -1.79. The first-order valence-corrected chi connectivity index (χ1v) is 8.33. The van der Waals surface area contributed by atoms with E-state index in [2.05, 4.69) is 17.6 Å². The first-order chi connectivity index (χ1) is 10.6. The van der Waals surface area contributed by atoms with Crippen LogP contribution < -0.4 is 10.6 Å². The van der Waals surface area contributed by atoms with E-state index in [1.807, 2.05) is 29.6 Å². The van der Waals surface area contributed by atoms with E-state index in [0.717, 1.165) is 16.4 Å². The van der Waals surface area contributed by atoms with E-state index in [0.29, 0.717) is 18.4 Å². The Morgan fingerprint density at radius 2 is 2.27 bits per heavy atom. The number of nitrogens with one attached hydrogen (secondary N) is 2. The molecule has 1 aliphatic carbocycles. The molecule has 3 atom stereocenters. The maximum Gasteiger partial charge on any atom is 0.315 e. The van der Waals surface area contributed by atoms with Crippen LogP contribution in [0.1, 0.15) is 41.8 Å². The first kappa shape index (κ1) is 15.1. The van der Waals surface area contributed by atoms with Crippen molar-refractivity contribution in [3.05, 3.63) is 46.0 Å². The number of carbonyl (C=O) groups is 1.